The van der Waals surface area contributed by atoms with Crippen LogP contribution in [0.1, 0.15) is 32.1 Å². The maximum Gasteiger partial charge on any atom is 0.234 e. The van der Waals surface area contributed by atoms with E-state index in [0.717, 1.165) is 19.6 Å². The highest BCUT2D eigenvalue weighted by atomic mass is 16.5. The van der Waals surface area contributed by atoms with Crippen molar-refractivity contribution in [1.82, 2.24) is 10.2 Å². The van der Waals surface area contributed by atoms with E-state index in [1.54, 1.807) is 0 Å². The van der Waals surface area contributed by atoms with Gasteiger partial charge in [0, 0.05) is 26.3 Å². The number of piperidine rings is 1. The normalized spacial score (nSPS) is 23.7. The van der Waals surface area contributed by atoms with Crippen molar-refractivity contribution in [3.05, 3.63) is 0 Å². The smallest absolute Gasteiger partial charge is 0.234 e. The Morgan fingerprint density at radius 1 is 1.29 bits per heavy atom. The quantitative estimate of drug-likeness (QED) is 0.290. The van der Waals surface area contributed by atoms with Gasteiger partial charge in [0.25, 0.3) is 0 Å². The van der Waals surface area contributed by atoms with Crippen LogP contribution in [0.3, 0.4) is 0 Å². The molecule has 2 rings (SSSR count). The summed E-state index contributed by atoms with van der Waals surface area (Å²) in [6, 6.07) is 0. The first-order valence-electron chi connectivity index (χ1n) is 7.75. The summed E-state index contributed by atoms with van der Waals surface area (Å²) >= 11 is 0. The summed E-state index contributed by atoms with van der Waals surface area (Å²) in [5.41, 5.74) is 4.85. The number of carbonyl (C=O) groups excluding carboxylic acids is 1. The van der Waals surface area contributed by atoms with Gasteiger partial charge in [-0.3, -0.25) is 4.79 Å². The van der Waals surface area contributed by atoms with Gasteiger partial charge >= 0.3 is 0 Å². The van der Waals surface area contributed by atoms with Crippen molar-refractivity contribution < 1.29 is 14.7 Å². The van der Waals surface area contributed by atoms with Crippen LogP contribution in [0.2, 0.25) is 0 Å². The lowest BCUT2D eigenvalue weighted by atomic mass is 9.78. The zero-order chi connectivity index (χ0) is 15.1. The molecular formula is C14H26N4O3. The molecule has 120 valence electrons. The summed E-state index contributed by atoms with van der Waals surface area (Å²) in [6.07, 6.45) is 4.69. The number of ether oxygens (including phenoxy) is 1. The maximum atomic E-state index is 12.5. The molecule has 2 aliphatic heterocycles. The molecule has 7 heteroatoms. The number of amidine groups is 1. The lowest BCUT2D eigenvalue weighted by Gasteiger charge is -2.34. The van der Waals surface area contributed by atoms with Crippen molar-refractivity contribution >= 4 is 11.7 Å². The largest absolute Gasteiger partial charge is 0.409 e. The van der Waals surface area contributed by atoms with Gasteiger partial charge < -0.3 is 25.9 Å². The Kier molecular flexibility index (Phi) is 5.81. The molecule has 2 aliphatic rings. The Hall–Kier alpha value is -1.34. The van der Waals surface area contributed by atoms with Gasteiger partial charge in [0.05, 0.1) is 0 Å². The average molecular weight is 298 g/mol. The summed E-state index contributed by atoms with van der Waals surface area (Å²) in [5.74, 6) is -0.167. The van der Waals surface area contributed by atoms with E-state index in [4.69, 9.17) is 15.7 Å². The number of nitrogens with zero attached hydrogens (tertiary/aromatic N) is 2. The fraction of sp³-hybridized carbons (Fsp3) is 0.857. The molecule has 4 N–H and O–H groups in total. The molecule has 0 bridgehead atoms. The molecule has 0 radical (unpaired) electrons. The van der Waals surface area contributed by atoms with E-state index in [1.807, 2.05) is 0 Å². The number of hydrogen-bond acceptors (Lipinski definition) is 5. The van der Waals surface area contributed by atoms with Gasteiger partial charge in [-0.25, -0.2) is 0 Å². The van der Waals surface area contributed by atoms with Crippen molar-refractivity contribution in [3.63, 3.8) is 0 Å². The van der Waals surface area contributed by atoms with Gasteiger partial charge in [-0.15, -0.1) is 0 Å². The second kappa shape index (κ2) is 7.61. The fourth-order valence-electron chi connectivity index (χ4n) is 3.09. The summed E-state index contributed by atoms with van der Waals surface area (Å²) in [6.45, 7) is 4.57. The van der Waals surface area contributed by atoms with E-state index in [9.17, 15) is 4.79 Å². The molecule has 0 aromatic heterocycles. The molecule has 7 nitrogen and oxygen atoms in total. The van der Waals surface area contributed by atoms with Gasteiger partial charge in [0.15, 0.2) is 5.84 Å². The van der Waals surface area contributed by atoms with Crippen LogP contribution in [0.4, 0.5) is 0 Å². The predicted molar refractivity (Wildman–Crippen MR) is 79.2 cm³/mol. The zero-order valence-corrected chi connectivity index (χ0v) is 12.5. The van der Waals surface area contributed by atoms with Crippen LogP contribution in [0.15, 0.2) is 5.16 Å². The minimum atomic E-state index is -0.922. The number of nitrogens with two attached hydrogens (primary N) is 1. The third kappa shape index (κ3) is 3.85. The minimum Gasteiger partial charge on any atom is -0.409 e. The van der Waals surface area contributed by atoms with Crippen LogP contribution in [-0.2, 0) is 9.53 Å². The molecule has 0 unspecified atom stereocenters. The molecule has 0 aliphatic carbocycles. The number of rotatable bonds is 5. The molecule has 2 saturated heterocycles. The van der Waals surface area contributed by atoms with Crippen molar-refractivity contribution in [2.24, 2.45) is 16.3 Å². The van der Waals surface area contributed by atoms with Crippen LogP contribution in [0.5, 0.6) is 0 Å². The van der Waals surface area contributed by atoms with Crippen molar-refractivity contribution in [1.29, 1.82) is 0 Å². The number of nitrogens with one attached hydrogen (secondary N) is 1. The maximum absolute atomic E-state index is 12.5. The highest BCUT2D eigenvalue weighted by Crippen LogP contribution is 2.31. The summed E-state index contributed by atoms with van der Waals surface area (Å²) < 4.78 is 5.29. The van der Waals surface area contributed by atoms with Gasteiger partial charge in [-0.1, -0.05) is 11.6 Å². The van der Waals surface area contributed by atoms with Gasteiger partial charge in [-0.05, 0) is 38.8 Å². The van der Waals surface area contributed by atoms with E-state index in [1.165, 1.54) is 19.3 Å². The highest BCUT2D eigenvalue weighted by Gasteiger charge is 2.44. The first-order valence-corrected chi connectivity index (χ1v) is 7.75. The second-order valence-corrected chi connectivity index (χ2v) is 5.84. The van der Waals surface area contributed by atoms with Crippen molar-refractivity contribution in [2.45, 2.75) is 32.1 Å². The standard InChI is InChI=1S/C14H26N4O3/c15-12(17-20)14(4-10-21-11-5-14)13(19)16-6-9-18-7-2-1-3-8-18/h20H,1-11H2,(H2,15,17)(H,16,19). The predicted octanol–water partition coefficient (Wildman–Crippen LogP) is 0.132. The average Bonchev–Trinajstić information content (AvgIpc) is 2.55. The van der Waals surface area contributed by atoms with Gasteiger partial charge in [-0.2, -0.15) is 0 Å². The molecule has 2 fully saturated rings. The fourth-order valence-corrected chi connectivity index (χ4v) is 3.09. The lowest BCUT2D eigenvalue weighted by Crippen LogP contribution is -2.53. The van der Waals surface area contributed by atoms with E-state index in [0.29, 0.717) is 32.6 Å². The highest BCUT2D eigenvalue weighted by molar-refractivity contribution is 6.06. The Bertz CT molecular complexity index is 374. The molecule has 21 heavy (non-hydrogen) atoms. The molecular weight excluding hydrogens is 272 g/mol. The summed E-state index contributed by atoms with van der Waals surface area (Å²) in [7, 11) is 0. The first kappa shape index (κ1) is 16.0. The van der Waals surface area contributed by atoms with Crippen molar-refractivity contribution in [3.8, 4) is 0 Å². The number of amides is 1. The van der Waals surface area contributed by atoms with Crippen LogP contribution in [0, 0.1) is 5.41 Å². The summed E-state index contributed by atoms with van der Waals surface area (Å²) in [5, 5.41) is 15.0. The number of carbonyl (C=O) groups is 1. The number of hydrogen-bond donors (Lipinski definition) is 3. The topological polar surface area (TPSA) is 100 Å². The molecule has 2 heterocycles. The second-order valence-electron chi connectivity index (χ2n) is 5.84. The Labute approximate surface area is 125 Å². The molecule has 0 aromatic rings. The van der Waals surface area contributed by atoms with Crippen LogP contribution in [0.25, 0.3) is 0 Å². The molecule has 0 spiro atoms. The van der Waals surface area contributed by atoms with Crippen LogP contribution in [-0.4, -0.2) is 61.2 Å². The van der Waals surface area contributed by atoms with E-state index >= 15 is 0 Å². The molecule has 0 saturated carbocycles. The third-order valence-electron chi connectivity index (χ3n) is 4.54. The molecule has 1 amide bonds. The summed E-state index contributed by atoms with van der Waals surface area (Å²) in [4.78, 5) is 14.9. The van der Waals surface area contributed by atoms with Gasteiger partial charge in [0.2, 0.25) is 5.91 Å². The molecule has 0 atom stereocenters. The molecule has 0 aromatic carbocycles. The number of likely N-dealkylation sites (tertiary alicyclic amines) is 1. The van der Waals surface area contributed by atoms with Crippen LogP contribution < -0.4 is 11.1 Å². The van der Waals surface area contributed by atoms with E-state index in [-0.39, 0.29) is 11.7 Å². The SMILES string of the molecule is NC(=NO)C1(C(=O)NCCN2CCCCC2)CCOCC1. The van der Waals surface area contributed by atoms with Gasteiger partial charge in [0.1, 0.15) is 5.41 Å². The lowest BCUT2D eigenvalue weighted by molar-refractivity contribution is -0.131. The van der Waals surface area contributed by atoms with Crippen LogP contribution >= 0.6 is 0 Å². The zero-order valence-electron chi connectivity index (χ0n) is 12.5. The first-order chi connectivity index (χ1) is 10.2. The van der Waals surface area contributed by atoms with E-state index < -0.39 is 5.41 Å². The third-order valence-corrected chi connectivity index (χ3v) is 4.54. The Balaban J connectivity index is 1.86. The monoisotopic (exact) mass is 298 g/mol. The number of oxime groups is 1. The minimum absolute atomic E-state index is 0.0127. The Morgan fingerprint density at radius 2 is 1.95 bits per heavy atom. The Morgan fingerprint density at radius 3 is 2.57 bits per heavy atom. The van der Waals surface area contributed by atoms with Crippen molar-refractivity contribution in [2.75, 3.05) is 39.4 Å². The van der Waals surface area contributed by atoms with E-state index in [2.05, 4.69) is 15.4 Å².